The van der Waals surface area contributed by atoms with Crippen molar-refractivity contribution in [3.63, 3.8) is 0 Å². The lowest BCUT2D eigenvalue weighted by Crippen LogP contribution is -2.52. The summed E-state index contributed by atoms with van der Waals surface area (Å²) in [4.78, 5) is 6.54. The topological polar surface area (TPSA) is 76.5 Å². The number of hydrogen-bond acceptors (Lipinski definition) is 5. The Morgan fingerprint density at radius 2 is 1.94 bits per heavy atom. The van der Waals surface area contributed by atoms with Crippen molar-refractivity contribution in [2.45, 2.75) is 36.8 Å². The zero-order chi connectivity index (χ0) is 23.7. The van der Waals surface area contributed by atoms with Gasteiger partial charge in [0.05, 0.1) is 6.33 Å². The normalized spacial score (nSPS) is 20.8. The highest BCUT2D eigenvalue weighted by Gasteiger charge is 2.40. The van der Waals surface area contributed by atoms with E-state index in [0.717, 1.165) is 24.5 Å². The maximum Gasteiger partial charge on any atom is 0.259 e. The molecule has 2 aliphatic rings. The van der Waals surface area contributed by atoms with Crippen LogP contribution in [0.2, 0.25) is 0 Å². The summed E-state index contributed by atoms with van der Waals surface area (Å²) >= 11 is 0. The van der Waals surface area contributed by atoms with Gasteiger partial charge in [-0.2, -0.15) is 0 Å². The Kier molecular flexibility index (Phi) is 6.46. The van der Waals surface area contributed by atoms with Gasteiger partial charge in [0.1, 0.15) is 12.4 Å². The number of imidazole rings is 1. The third-order valence-electron chi connectivity index (χ3n) is 6.89. The van der Waals surface area contributed by atoms with E-state index in [1.165, 1.54) is 42.3 Å². The Balaban J connectivity index is 1.25. The first kappa shape index (κ1) is 23.1. The molecule has 1 N–H and O–H groups in total. The van der Waals surface area contributed by atoms with Gasteiger partial charge in [0.25, 0.3) is 10.0 Å². The van der Waals surface area contributed by atoms with Crippen molar-refractivity contribution in [3.8, 4) is 5.75 Å². The van der Waals surface area contributed by atoms with Crippen LogP contribution in [-0.2, 0) is 29.9 Å². The van der Waals surface area contributed by atoms with Crippen LogP contribution in [0.25, 0.3) is 0 Å². The molecule has 34 heavy (non-hydrogen) atoms. The SMILES string of the molecule is CC1CN(C2Cc3ccc(OCCNS(=O)(=O)c4cn(C)cn4)cc3C2Cc2ccccc2)C1. The van der Waals surface area contributed by atoms with E-state index >= 15 is 0 Å². The van der Waals surface area contributed by atoms with E-state index in [2.05, 4.69) is 64.0 Å². The molecular weight excluding hydrogens is 448 g/mol. The van der Waals surface area contributed by atoms with E-state index in [4.69, 9.17) is 4.74 Å². The molecule has 0 bridgehead atoms. The number of benzene rings is 2. The number of nitrogens with zero attached hydrogens (tertiary/aromatic N) is 3. The van der Waals surface area contributed by atoms with Gasteiger partial charge >= 0.3 is 0 Å². The summed E-state index contributed by atoms with van der Waals surface area (Å²) in [5.41, 5.74) is 4.11. The summed E-state index contributed by atoms with van der Waals surface area (Å²) in [7, 11) is -1.89. The molecule has 0 spiro atoms. The Labute approximate surface area is 201 Å². The van der Waals surface area contributed by atoms with Crippen molar-refractivity contribution < 1.29 is 13.2 Å². The monoisotopic (exact) mass is 480 g/mol. The maximum absolute atomic E-state index is 12.3. The second-order valence-electron chi connectivity index (χ2n) is 9.61. The van der Waals surface area contributed by atoms with Crippen LogP contribution in [0.15, 0.2) is 66.1 Å². The second-order valence-corrected chi connectivity index (χ2v) is 11.3. The molecule has 3 aromatic rings. The Morgan fingerprint density at radius 3 is 2.65 bits per heavy atom. The fourth-order valence-corrected chi connectivity index (χ4v) is 6.22. The lowest BCUT2D eigenvalue weighted by molar-refractivity contribution is 0.0542. The Bertz CT molecular complexity index is 1240. The standard InChI is InChI=1S/C26H32N4O3S/c1-19-15-30(16-19)25-13-21-8-9-22(14-23(21)24(25)12-20-6-4-3-5-7-20)33-11-10-28-34(31,32)26-17-29(2)18-27-26/h3-9,14,17-19,24-25,28H,10-13,15-16H2,1-2H3. The van der Waals surface area contributed by atoms with Crippen LogP contribution in [-0.4, -0.2) is 55.2 Å². The van der Waals surface area contributed by atoms with Gasteiger partial charge in [0.2, 0.25) is 0 Å². The average Bonchev–Trinajstić information content (AvgIpc) is 3.39. The van der Waals surface area contributed by atoms with Crippen molar-refractivity contribution in [1.29, 1.82) is 0 Å². The van der Waals surface area contributed by atoms with E-state index in [0.29, 0.717) is 12.0 Å². The number of rotatable bonds is 9. The van der Waals surface area contributed by atoms with Crippen molar-refractivity contribution in [2.75, 3.05) is 26.2 Å². The van der Waals surface area contributed by atoms with Crippen molar-refractivity contribution in [3.05, 3.63) is 77.7 Å². The Morgan fingerprint density at radius 1 is 1.15 bits per heavy atom. The van der Waals surface area contributed by atoms with Crippen LogP contribution in [0.1, 0.15) is 29.5 Å². The van der Waals surface area contributed by atoms with E-state index < -0.39 is 10.0 Å². The molecule has 7 nitrogen and oxygen atoms in total. The number of aryl methyl sites for hydroxylation is 1. The van der Waals surface area contributed by atoms with Crippen LogP contribution in [0.4, 0.5) is 0 Å². The second kappa shape index (κ2) is 9.52. The number of aromatic nitrogens is 2. The molecule has 1 aromatic heterocycles. The number of sulfonamides is 1. The summed E-state index contributed by atoms with van der Waals surface area (Å²) in [6.45, 7) is 5.09. The number of hydrogen-bond donors (Lipinski definition) is 1. The molecule has 1 aliphatic heterocycles. The van der Waals surface area contributed by atoms with Gasteiger partial charge in [0, 0.05) is 44.8 Å². The fraction of sp³-hybridized carbons (Fsp3) is 0.423. The molecule has 2 aromatic carbocycles. The molecule has 180 valence electrons. The molecule has 1 saturated heterocycles. The maximum atomic E-state index is 12.3. The molecular formula is C26H32N4O3S. The van der Waals surface area contributed by atoms with Crippen LogP contribution < -0.4 is 9.46 Å². The summed E-state index contributed by atoms with van der Waals surface area (Å²) in [5.74, 6) is 1.98. The molecule has 2 heterocycles. The molecule has 1 aliphatic carbocycles. The van der Waals surface area contributed by atoms with E-state index in [1.807, 2.05) is 6.07 Å². The minimum Gasteiger partial charge on any atom is -0.492 e. The van der Waals surface area contributed by atoms with Crippen LogP contribution >= 0.6 is 0 Å². The minimum absolute atomic E-state index is 0.0163. The first-order chi connectivity index (χ1) is 16.4. The zero-order valence-electron chi connectivity index (χ0n) is 19.7. The number of nitrogens with one attached hydrogen (secondary N) is 1. The highest BCUT2D eigenvalue weighted by Crippen LogP contribution is 2.42. The van der Waals surface area contributed by atoms with E-state index in [9.17, 15) is 8.42 Å². The molecule has 0 saturated carbocycles. The predicted molar refractivity (Wildman–Crippen MR) is 131 cm³/mol. The van der Waals surface area contributed by atoms with Gasteiger partial charge in [0.15, 0.2) is 5.03 Å². The summed E-state index contributed by atoms with van der Waals surface area (Å²) < 4.78 is 34.8. The van der Waals surface area contributed by atoms with Gasteiger partial charge in [-0.1, -0.05) is 43.3 Å². The van der Waals surface area contributed by atoms with Crippen LogP contribution in [0.5, 0.6) is 5.75 Å². The van der Waals surface area contributed by atoms with Crippen LogP contribution in [0.3, 0.4) is 0 Å². The quantitative estimate of drug-likeness (QED) is 0.477. The molecule has 2 atom stereocenters. The summed E-state index contributed by atoms with van der Waals surface area (Å²) in [5, 5.41) is 0.0163. The fourth-order valence-electron chi connectivity index (χ4n) is 5.23. The summed E-state index contributed by atoms with van der Waals surface area (Å²) in [6.07, 6.45) is 5.03. The molecule has 1 fully saturated rings. The van der Waals surface area contributed by atoms with E-state index in [-0.39, 0.29) is 18.2 Å². The first-order valence-corrected chi connectivity index (χ1v) is 13.4. The van der Waals surface area contributed by atoms with Gasteiger partial charge in [-0.25, -0.2) is 18.1 Å². The van der Waals surface area contributed by atoms with Crippen molar-refractivity contribution in [2.24, 2.45) is 13.0 Å². The van der Waals surface area contributed by atoms with Crippen molar-refractivity contribution in [1.82, 2.24) is 19.2 Å². The molecule has 2 unspecified atom stereocenters. The van der Waals surface area contributed by atoms with Gasteiger partial charge < -0.3 is 9.30 Å². The van der Waals surface area contributed by atoms with Gasteiger partial charge in [-0.15, -0.1) is 0 Å². The van der Waals surface area contributed by atoms with Gasteiger partial charge in [-0.3, -0.25) is 4.90 Å². The first-order valence-electron chi connectivity index (χ1n) is 11.9. The smallest absolute Gasteiger partial charge is 0.259 e. The predicted octanol–water partition coefficient (Wildman–Crippen LogP) is 2.98. The molecule has 8 heteroatoms. The minimum atomic E-state index is -3.63. The highest BCUT2D eigenvalue weighted by atomic mass is 32.2. The van der Waals surface area contributed by atoms with Gasteiger partial charge in [-0.05, 0) is 47.6 Å². The lowest BCUT2D eigenvalue weighted by atomic mass is 9.87. The largest absolute Gasteiger partial charge is 0.492 e. The number of likely N-dealkylation sites (tertiary alicyclic amines) is 1. The lowest BCUT2D eigenvalue weighted by Gasteiger charge is -2.44. The average molecular weight is 481 g/mol. The molecule has 0 amide bonds. The molecule has 0 radical (unpaired) electrons. The third-order valence-corrected chi connectivity index (χ3v) is 8.24. The molecule has 5 rings (SSSR count). The van der Waals surface area contributed by atoms with Crippen molar-refractivity contribution >= 4 is 10.0 Å². The highest BCUT2D eigenvalue weighted by molar-refractivity contribution is 7.89. The number of fused-ring (bicyclic) bond motifs is 1. The van der Waals surface area contributed by atoms with Crippen LogP contribution in [0, 0.1) is 5.92 Å². The zero-order valence-corrected chi connectivity index (χ0v) is 20.5. The summed E-state index contributed by atoms with van der Waals surface area (Å²) in [6, 6.07) is 17.6. The number of ether oxygens (including phenoxy) is 1. The third kappa shape index (κ3) is 4.89. The Hall–Kier alpha value is -2.68. The van der Waals surface area contributed by atoms with E-state index in [1.54, 1.807) is 11.6 Å².